The van der Waals surface area contributed by atoms with Crippen LogP contribution in [0.5, 0.6) is 5.75 Å². The lowest BCUT2D eigenvalue weighted by molar-refractivity contribution is -0.116. The molecule has 0 aliphatic carbocycles. The number of carbonyl (C=O) groups excluding carboxylic acids is 1. The fourth-order valence-corrected chi connectivity index (χ4v) is 4.35. The van der Waals surface area contributed by atoms with Gasteiger partial charge in [-0.15, -0.1) is 11.3 Å². The average Bonchev–Trinajstić information content (AvgIpc) is 3.05. The highest BCUT2D eigenvalue weighted by Crippen LogP contribution is 2.46. The van der Waals surface area contributed by atoms with Crippen molar-refractivity contribution in [2.45, 2.75) is 12.3 Å². The highest BCUT2D eigenvalue weighted by atomic mass is 32.1. The van der Waals surface area contributed by atoms with Gasteiger partial charge < -0.3 is 10.1 Å². The summed E-state index contributed by atoms with van der Waals surface area (Å²) >= 11 is 1.71. The topological polar surface area (TPSA) is 38.3 Å². The molecule has 0 radical (unpaired) electrons. The summed E-state index contributed by atoms with van der Waals surface area (Å²) in [5, 5.41) is 5.21. The van der Waals surface area contributed by atoms with Gasteiger partial charge in [-0.1, -0.05) is 42.5 Å². The molecule has 0 unspecified atom stereocenters. The Labute approximate surface area is 144 Å². The zero-order valence-electron chi connectivity index (χ0n) is 13.3. The van der Waals surface area contributed by atoms with Crippen LogP contribution in [0.25, 0.3) is 11.1 Å². The summed E-state index contributed by atoms with van der Waals surface area (Å²) in [7, 11) is 1.66. The Morgan fingerprint density at radius 1 is 1.12 bits per heavy atom. The first-order chi connectivity index (χ1) is 11.8. The number of anilines is 1. The zero-order chi connectivity index (χ0) is 16.5. The lowest BCUT2D eigenvalue weighted by Crippen LogP contribution is -2.22. The van der Waals surface area contributed by atoms with Gasteiger partial charge in [-0.3, -0.25) is 4.79 Å². The van der Waals surface area contributed by atoms with Crippen LogP contribution in [0.1, 0.15) is 22.8 Å². The lowest BCUT2D eigenvalue weighted by atomic mass is 9.89. The molecule has 3 aromatic rings. The predicted molar refractivity (Wildman–Crippen MR) is 97.8 cm³/mol. The maximum atomic E-state index is 12.3. The molecule has 0 spiro atoms. The van der Waals surface area contributed by atoms with Crippen molar-refractivity contribution in [3.63, 3.8) is 0 Å². The smallest absolute Gasteiger partial charge is 0.225 e. The summed E-state index contributed by atoms with van der Waals surface area (Å²) in [6.45, 7) is 0. The molecule has 1 N–H and O–H groups in total. The molecule has 2 aromatic carbocycles. The second kappa shape index (κ2) is 6.13. The molecule has 0 saturated heterocycles. The first-order valence-corrected chi connectivity index (χ1v) is 8.75. The van der Waals surface area contributed by atoms with Crippen molar-refractivity contribution in [2.24, 2.45) is 0 Å². The van der Waals surface area contributed by atoms with Crippen molar-refractivity contribution < 1.29 is 9.53 Å². The van der Waals surface area contributed by atoms with Crippen LogP contribution in [-0.2, 0) is 4.79 Å². The Hall–Kier alpha value is -2.59. The van der Waals surface area contributed by atoms with Gasteiger partial charge in [0.15, 0.2) is 0 Å². The Balaban J connectivity index is 1.81. The Morgan fingerprint density at radius 3 is 2.75 bits per heavy atom. The molecular weight excluding hydrogens is 318 g/mol. The number of hydrogen-bond acceptors (Lipinski definition) is 3. The van der Waals surface area contributed by atoms with Crippen molar-refractivity contribution in [3.8, 4) is 16.9 Å². The van der Waals surface area contributed by atoms with Gasteiger partial charge in [0.25, 0.3) is 0 Å². The number of fused-ring (bicyclic) bond motifs is 1. The quantitative estimate of drug-likeness (QED) is 0.739. The number of thiophene rings is 1. The van der Waals surface area contributed by atoms with Gasteiger partial charge in [-0.05, 0) is 23.3 Å². The first kappa shape index (κ1) is 15.0. The van der Waals surface area contributed by atoms with E-state index in [-0.39, 0.29) is 11.8 Å². The van der Waals surface area contributed by atoms with Gasteiger partial charge in [0.1, 0.15) is 5.75 Å². The molecular formula is C20H17NO2S. The first-order valence-electron chi connectivity index (χ1n) is 7.87. The van der Waals surface area contributed by atoms with E-state index in [0.29, 0.717) is 6.42 Å². The molecule has 1 aliphatic heterocycles. The molecule has 3 nitrogen and oxygen atoms in total. The van der Waals surface area contributed by atoms with E-state index < -0.39 is 0 Å². The molecule has 1 aromatic heterocycles. The minimum atomic E-state index is 0.0610. The Kier molecular flexibility index (Phi) is 3.82. The molecule has 0 fully saturated rings. The normalized spacial score (nSPS) is 16.4. The molecule has 1 aliphatic rings. The zero-order valence-corrected chi connectivity index (χ0v) is 14.1. The maximum Gasteiger partial charge on any atom is 0.225 e. The van der Waals surface area contributed by atoms with Crippen molar-refractivity contribution in [1.82, 2.24) is 0 Å². The predicted octanol–water partition coefficient (Wildman–Crippen LogP) is 4.90. The van der Waals surface area contributed by atoms with Crippen molar-refractivity contribution >= 4 is 22.9 Å². The van der Waals surface area contributed by atoms with E-state index in [2.05, 4.69) is 28.9 Å². The van der Waals surface area contributed by atoms with Crippen molar-refractivity contribution in [1.29, 1.82) is 0 Å². The van der Waals surface area contributed by atoms with E-state index in [9.17, 15) is 4.79 Å². The lowest BCUT2D eigenvalue weighted by Gasteiger charge is -2.24. The third-order valence-corrected chi connectivity index (χ3v) is 5.47. The van der Waals surface area contributed by atoms with E-state index in [4.69, 9.17) is 4.74 Å². The molecule has 120 valence electrons. The van der Waals surface area contributed by atoms with Crippen LogP contribution >= 0.6 is 11.3 Å². The number of rotatable bonds is 3. The van der Waals surface area contributed by atoms with Crippen LogP contribution in [0.2, 0.25) is 0 Å². The summed E-state index contributed by atoms with van der Waals surface area (Å²) in [6, 6.07) is 18.2. The van der Waals surface area contributed by atoms with Gasteiger partial charge in [-0.25, -0.2) is 0 Å². The van der Waals surface area contributed by atoms with Crippen LogP contribution < -0.4 is 10.1 Å². The molecule has 24 heavy (non-hydrogen) atoms. The minimum absolute atomic E-state index is 0.0610. The molecule has 1 atom stereocenters. The van der Waals surface area contributed by atoms with Crippen LogP contribution in [0, 0.1) is 0 Å². The van der Waals surface area contributed by atoms with Gasteiger partial charge in [0, 0.05) is 28.2 Å². The van der Waals surface area contributed by atoms with Crippen LogP contribution in [0.4, 0.5) is 5.69 Å². The van der Waals surface area contributed by atoms with Crippen LogP contribution in [0.3, 0.4) is 0 Å². The molecule has 2 heterocycles. The van der Waals surface area contributed by atoms with Crippen molar-refractivity contribution in [2.75, 3.05) is 12.4 Å². The molecule has 4 rings (SSSR count). The molecule has 0 saturated carbocycles. The Bertz CT molecular complexity index is 886. The van der Waals surface area contributed by atoms with Gasteiger partial charge in [-0.2, -0.15) is 0 Å². The molecule has 1 amide bonds. The third kappa shape index (κ3) is 2.59. The number of ether oxygens (including phenoxy) is 1. The summed E-state index contributed by atoms with van der Waals surface area (Å²) in [4.78, 5) is 13.5. The van der Waals surface area contributed by atoms with Crippen LogP contribution in [0.15, 0.2) is 60.0 Å². The SMILES string of the molecule is COc1cccc([C@@H]2CC(=O)Nc3c(-c4ccccc4)csc32)c1. The van der Waals surface area contributed by atoms with E-state index in [1.807, 2.05) is 36.4 Å². The van der Waals surface area contributed by atoms with E-state index >= 15 is 0 Å². The van der Waals surface area contributed by atoms with Gasteiger partial charge in [0.05, 0.1) is 12.8 Å². The summed E-state index contributed by atoms with van der Waals surface area (Å²) in [5.41, 5.74) is 4.29. The maximum absolute atomic E-state index is 12.3. The second-order valence-corrected chi connectivity index (χ2v) is 6.75. The highest BCUT2D eigenvalue weighted by molar-refractivity contribution is 7.11. The highest BCUT2D eigenvalue weighted by Gasteiger charge is 2.30. The largest absolute Gasteiger partial charge is 0.497 e. The Morgan fingerprint density at radius 2 is 1.96 bits per heavy atom. The van der Waals surface area contributed by atoms with Crippen LogP contribution in [-0.4, -0.2) is 13.0 Å². The number of methoxy groups -OCH3 is 1. The number of amides is 1. The molecule has 0 bridgehead atoms. The molecule has 4 heteroatoms. The standard InChI is InChI=1S/C20H17NO2S/c1-23-15-9-5-8-14(10-15)16-11-18(22)21-19-17(12-24-20(16)19)13-6-3-2-4-7-13/h2-10,12,16H,11H2,1H3,(H,21,22)/t16-/m0/s1. The summed E-state index contributed by atoms with van der Waals surface area (Å²) in [6.07, 6.45) is 0.467. The number of carbonyl (C=O) groups is 1. The fraction of sp³-hybridized carbons (Fsp3) is 0.150. The average molecular weight is 335 g/mol. The second-order valence-electron chi connectivity index (χ2n) is 5.84. The summed E-state index contributed by atoms with van der Waals surface area (Å²) < 4.78 is 5.34. The number of benzene rings is 2. The van der Waals surface area contributed by atoms with Gasteiger partial charge >= 0.3 is 0 Å². The fourth-order valence-electron chi connectivity index (χ4n) is 3.18. The number of nitrogens with one attached hydrogen (secondary N) is 1. The third-order valence-electron chi connectivity index (χ3n) is 4.37. The van der Waals surface area contributed by atoms with E-state index in [1.54, 1.807) is 18.4 Å². The van der Waals surface area contributed by atoms with Gasteiger partial charge in [0.2, 0.25) is 5.91 Å². The van der Waals surface area contributed by atoms with E-state index in [0.717, 1.165) is 28.1 Å². The summed E-state index contributed by atoms with van der Waals surface area (Å²) in [5.74, 6) is 0.956. The number of hydrogen-bond donors (Lipinski definition) is 1. The minimum Gasteiger partial charge on any atom is -0.497 e. The monoisotopic (exact) mass is 335 g/mol. The van der Waals surface area contributed by atoms with E-state index in [1.165, 1.54) is 4.88 Å². The van der Waals surface area contributed by atoms with Crippen molar-refractivity contribution in [3.05, 3.63) is 70.4 Å².